The molecular formula is C10H17F3N2. The number of hydrogen-bond donors (Lipinski definition) is 1. The van der Waals surface area contributed by atoms with E-state index in [4.69, 9.17) is 0 Å². The van der Waals surface area contributed by atoms with Crippen LogP contribution in [0.4, 0.5) is 13.2 Å². The second-order valence-corrected chi connectivity index (χ2v) is 4.56. The standard InChI is InChI=1S/C10H17F3N2/c11-10(12,13)9(3-4-9)14-5-8-15-6-1-2-7-15/h14H,1-8H2. The van der Waals surface area contributed by atoms with E-state index in [1.807, 2.05) is 0 Å². The molecule has 15 heavy (non-hydrogen) atoms. The van der Waals surface area contributed by atoms with Crippen LogP contribution in [0.15, 0.2) is 0 Å². The Kier molecular flexibility index (Phi) is 2.94. The molecule has 0 amide bonds. The van der Waals surface area contributed by atoms with Crippen LogP contribution in [0, 0.1) is 0 Å². The maximum atomic E-state index is 12.5. The lowest BCUT2D eigenvalue weighted by atomic mass is 10.2. The van der Waals surface area contributed by atoms with Crippen LogP contribution in [0.1, 0.15) is 25.7 Å². The molecule has 1 aliphatic carbocycles. The highest BCUT2D eigenvalue weighted by molar-refractivity contribution is 5.07. The van der Waals surface area contributed by atoms with Crippen LogP contribution >= 0.6 is 0 Å². The summed E-state index contributed by atoms with van der Waals surface area (Å²) in [4.78, 5) is 2.22. The predicted octanol–water partition coefficient (Wildman–Crippen LogP) is 1.77. The molecule has 2 fully saturated rings. The molecule has 0 bridgehead atoms. The Balaban J connectivity index is 1.69. The molecule has 0 aromatic carbocycles. The van der Waals surface area contributed by atoms with Gasteiger partial charge >= 0.3 is 6.18 Å². The molecule has 1 N–H and O–H groups in total. The lowest BCUT2D eigenvalue weighted by Crippen LogP contribution is -2.47. The van der Waals surface area contributed by atoms with Gasteiger partial charge in [-0.15, -0.1) is 0 Å². The van der Waals surface area contributed by atoms with E-state index in [1.54, 1.807) is 0 Å². The first-order valence-electron chi connectivity index (χ1n) is 5.58. The number of rotatable bonds is 4. The number of alkyl halides is 3. The average Bonchev–Trinajstić information content (AvgIpc) is 2.75. The normalized spacial score (nSPS) is 25.8. The summed E-state index contributed by atoms with van der Waals surface area (Å²) >= 11 is 0. The Hall–Kier alpha value is -0.290. The van der Waals surface area contributed by atoms with E-state index >= 15 is 0 Å². The van der Waals surface area contributed by atoms with Crippen molar-refractivity contribution in [2.45, 2.75) is 37.4 Å². The summed E-state index contributed by atoms with van der Waals surface area (Å²) < 4.78 is 37.6. The molecule has 1 saturated heterocycles. The minimum absolute atomic E-state index is 0.247. The van der Waals surface area contributed by atoms with Gasteiger partial charge in [0.05, 0.1) is 0 Å². The first-order valence-corrected chi connectivity index (χ1v) is 5.58. The molecule has 1 heterocycles. The molecule has 88 valence electrons. The van der Waals surface area contributed by atoms with Crippen LogP contribution in [-0.4, -0.2) is 42.8 Å². The molecular weight excluding hydrogens is 205 g/mol. The van der Waals surface area contributed by atoms with Gasteiger partial charge < -0.3 is 10.2 Å². The SMILES string of the molecule is FC(F)(F)C1(NCCN2CCCC2)CC1. The highest BCUT2D eigenvalue weighted by Crippen LogP contribution is 2.48. The van der Waals surface area contributed by atoms with E-state index < -0.39 is 11.7 Å². The molecule has 5 heteroatoms. The Bertz CT molecular complexity index is 217. The fourth-order valence-electron chi connectivity index (χ4n) is 2.14. The predicted molar refractivity (Wildman–Crippen MR) is 51.7 cm³/mol. The largest absolute Gasteiger partial charge is 0.406 e. The Morgan fingerprint density at radius 1 is 1.13 bits per heavy atom. The van der Waals surface area contributed by atoms with Crippen LogP contribution in [0.2, 0.25) is 0 Å². The Morgan fingerprint density at radius 3 is 2.20 bits per heavy atom. The minimum Gasteiger partial charge on any atom is -0.302 e. The van der Waals surface area contributed by atoms with Crippen molar-refractivity contribution in [1.82, 2.24) is 10.2 Å². The monoisotopic (exact) mass is 222 g/mol. The number of nitrogens with one attached hydrogen (secondary N) is 1. The Morgan fingerprint density at radius 2 is 1.73 bits per heavy atom. The van der Waals surface area contributed by atoms with Crippen LogP contribution in [-0.2, 0) is 0 Å². The van der Waals surface area contributed by atoms with Crippen molar-refractivity contribution in [3.8, 4) is 0 Å². The van der Waals surface area contributed by atoms with Gasteiger partial charge in [0.25, 0.3) is 0 Å². The van der Waals surface area contributed by atoms with Crippen molar-refractivity contribution in [2.24, 2.45) is 0 Å². The molecule has 0 aromatic rings. The second-order valence-electron chi connectivity index (χ2n) is 4.56. The van der Waals surface area contributed by atoms with Gasteiger partial charge in [0.15, 0.2) is 0 Å². The van der Waals surface area contributed by atoms with Gasteiger partial charge in [-0.1, -0.05) is 0 Å². The summed E-state index contributed by atoms with van der Waals surface area (Å²) in [6.45, 7) is 3.29. The third-order valence-electron chi connectivity index (χ3n) is 3.38. The lowest BCUT2D eigenvalue weighted by molar-refractivity contribution is -0.165. The zero-order chi connectivity index (χ0) is 10.9. The summed E-state index contributed by atoms with van der Waals surface area (Å²) in [7, 11) is 0. The fraction of sp³-hybridized carbons (Fsp3) is 1.00. The van der Waals surface area contributed by atoms with E-state index in [-0.39, 0.29) is 12.8 Å². The first kappa shape index (κ1) is 11.2. The Labute approximate surface area is 87.8 Å². The summed E-state index contributed by atoms with van der Waals surface area (Å²) in [6.07, 6.45) is -1.21. The van der Waals surface area contributed by atoms with E-state index in [1.165, 1.54) is 12.8 Å². The molecule has 0 radical (unpaired) electrons. The maximum Gasteiger partial charge on any atom is 0.406 e. The molecule has 2 nitrogen and oxygen atoms in total. The van der Waals surface area contributed by atoms with E-state index in [0.29, 0.717) is 6.54 Å². The molecule has 1 aliphatic heterocycles. The maximum absolute atomic E-state index is 12.5. The summed E-state index contributed by atoms with van der Waals surface area (Å²) in [5.74, 6) is 0. The third-order valence-corrected chi connectivity index (χ3v) is 3.38. The van der Waals surface area contributed by atoms with Crippen molar-refractivity contribution in [3.05, 3.63) is 0 Å². The fourth-order valence-corrected chi connectivity index (χ4v) is 2.14. The van der Waals surface area contributed by atoms with Crippen molar-refractivity contribution in [2.75, 3.05) is 26.2 Å². The van der Waals surface area contributed by atoms with Gasteiger partial charge in [0.1, 0.15) is 5.54 Å². The molecule has 0 spiro atoms. The molecule has 1 saturated carbocycles. The number of nitrogens with zero attached hydrogens (tertiary/aromatic N) is 1. The molecule has 0 unspecified atom stereocenters. The van der Waals surface area contributed by atoms with Crippen LogP contribution < -0.4 is 5.32 Å². The van der Waals surface area contributed by atoms with Crippen molar-refractivity contribution in [3.63, 3.8) is 0 Å². The molecule has 0 atom stereocenters. The number of hydrogen-bond acceptors (Lipinski definition) is 2. The second kappa shape index (κ2) is 3.94. The van der Waals surface area contributed by atoms with Crippen LogP contribution in [0.3, 0.4) is 0 Å². The van der Waals surface area contributed by atoms with Gasteiger partial charge in [-0.2, -0.15) is 13.2 Å². The smallest absolute Gasteiger partial charge is 0.302 e. The average molecular weight is 222 g/mol. The van der Waals surface area contributed by atoms with E-state index in [2.05, 4.69) is 10.2 Å². The summed E-state index contributed by atoms with van der Waals surface area (Å²) in [6, 6.07) is 0. The highest BCUT2D eigenvalue weighted by Gasteiger charge is 2.62. The van der Waals surface area contributed by atoms with E-state index in [9.17, 15) is 13.2 Å². The quantitative estimate of drug-likeness (QED) is 0.779. The van der Waals surface area contributed by atoms with E-state index in [0.717, 1.165) is 19.6 Å². The summed E-state index contributed by atoms with van der Waals surface area (Å²) in [5, 5.41) is 2.67. The van der Waals surface area contributed by atoms with Gasteiger partial charge in [-0.3, -0.25) is 0 Å². The lowest BCUT2D eigenvalue weighted by Gasteiger charge is -2.22. The first-order chi connectivity index (χ1) is 7.04. The van der Waals surface area contributed by atoms with Gasteiger partial charge in [-0.25, -0.2) is 0 Å². The molecule has 2 aliphatic rings. The molecule has 0 aromatic heterocycles. The van der Waals surface area contributed by atoms with Gasteiger partial charge in [0, 0.05) is 13.1 Å². The zero-order valence-electron chi connectivity index (χ0n) is 8.74. The van der Waals surface area contributed by atoms with Crippen LogP contribution in [0.5, 0.6) is 0 Å². The third kappa shape index (κ3) is 2.45. The zero-order valence-corrected chi connectivity index (χ0v) is 8.74. The minimum atomic E-state index is -4.07. The van der Waals surface area contributed by atoms with Gasteiger partial charge in [-0.05, 0) is 38.8 Å². The van der Waals surface area contributed by atoms with Gasteiger partial charge in [0.2, 0.25) is 0 Å². The van der Waals surface area contributed by atoms with Crippen molar-refractivity contribution < 1.29 is 13.2 Å². The molecule has 2 rings (SSSR count). The topological polar surface area (TPSA) is 15.3 Å². The number of halogens is 3. The number of likely N-dealkylation sites (tertiary alicyclic amines) is 1. The summed E-state index contributed by atoms with van der Waals surface area (Å²) in [5.41, 5.74) is -1.53. The van der Waals surface area contributed by atoms with Crippen LogP contribution in [0.25, 0.3) is 0 Å². The van der Waals surface area contributed by atoms with Crippen molar-refractivity contribution in [1.29, 1.82) is 0 Å². The highest BCUT2D eigenvalue weighted by atomic mass is 19.4. The van der Waals surface area contributed by atoms with Crippen molar-refractivity contribution >= 4 is 0 Å².